The fourth-order valence-corrected chi connectivity index (χ4v) is 3.03. The summed E-state index contributed by atoms with van der Waals surface area (Å²) in [4.78, 5) is 0. The lowest BCUT2D eigenvalue weighted by atomic mass is 9.74. The minimum atomic E-state index is -1.05. The molecule has 1 N–H and O–H groups in total. The molecular formula is C21H20O. The SMILES string of the molecule is CC(c1ccccc1)C(O)(c1ccccc1)c1ccccc1. The van der Waals surface area contributed by atoms with Crippen LogP contribution in [0.4, 0.5) is 0 Å². The number of aliphatic hydroxyl groups is 1. The zero-order chi connectivity index (χ0) is 15.4. The summed E-state index contributed by atoms with van der Waals surface area (Å²) < 4.78 is 0. The predicted octanol–water partition coefficient (Wildman–Crippen LogP) is 4.73. The molecular weight excluding hydrogens is 268 g/mol. The maximum absolute atomic E-state index is 11.7. The second kappa shape index (κ2) is 6.17. The molecule has 0 radical (unpaired) electrons. The molecule has 1 unspecified atom stereocenters. The van der Waals surface area contributed by atoms with E-state index >= 15 is 0 Å². The third-order valence-corrected chi connectivity index (χ3v) is 4.35. The van der Waals surface area contributed by atoms with Gasteiger partial charge in [-0.05, 0) is 16.7 Å². The van der Waals surface area contributed by atoms with Gasteiger partial charge in [-0.1, -0.05) is 97.9 Å². The third-order valence-electron chi connectivity index (χ3n) is 4.35. The smallest absolute Gasteiger partial charge is 0.121 e. The van der Waals surface area contributed by atoms with Crippen LogP contribution in [0.25, 0.3) is 0 Å². The van der Waals surface area contributed by atoms with Crippen molar-refractivity contribution >= 4 is 0 Å². The van der Waals surface area contributed by atoms with Gasteiger partial charge >= 0.3 is 0 Å². The summed E-state index contributed by atoms with van der Waals surface area (Å²) in [6.07, 6.45) is 0. The average molecular weight is 288 g/mol. The summed E-state index contributed by atoms with van der Waals surface area (Å²) in [5, 5.41) is 11.7. The van der Waals surface area contributed by atoms with Crippen LogP contribution in [-0.2, 0) is 5.60 Å². The minimum absolute atomic E-state index is 0.0569. The van der Waals surface area contributed by atoms with E-state index in [1.807, 2.05) is 78.9 Å². The van der Waals surface area contributed by atoms with Gasteiger partial charge in [0.1, 0.15) is 5.60 Å². The van der Waals surface area contributed by atoms with Gasteiger partial charge in [0.2, 0.25) is 0 Å². The first-order chi connectivity index (χ1) is 10.7. The van der Waals surface area contributed by atoms with Gasteiger partial charge in [0, 0.05) is 5.92 Å². The molecule has 1 atom stereocenters. The zero-order valence-electron chi connectivity index (χ0n) is 12.7. The van der Waals surface area contributed by atoms with E-state index in [1.54, 1.807) is 0 Å². The van der Waals surface area contributed by atoms with Crippen molar-refractivity contribution in [1.82, 2.24) is 0 Å². The van der Waals surface area contributed by atoms with E-state index in [9.17, 15) is 5.11 Å². The molecule has 110 valence electrons. The molecule has 0 saturated carbocycles. The minimum Gasteiger partial charge on any atom is -0.380 e. The molecule has 0 aromatic heterocycles. The van der Waals surface area contributed by atoms with E-state index in [-0.39, 0.29) is 5.92 Å². The Morgan fingerprint density at radius 3 is 1.41 bits per heavy atom. The van der Waals surface area contributed by atoms with Crippen LogP contribution in [-0.4, -0.2) is 5.11 Å². The molecule has 3 aromatic rings. The Morgan fingerprint density at radius 1 is 0.636 bits per heavy atom. The highest BCUT2D eigenvalue weighted by Gasteiger charge is 2.38. The molecule has 3 rings (SSSR count). The molecule has 0 heterocycles. The van der Waals surface area contributed by atoms with Gasteiger partial charge in [0.25, 0.3) is 0 Å². The van der Waals surface area contributed by atoms with Crippen LogP contribution >= 0.6 is 0 Å². The molecule has 0 aliphatic carbocycles. The molecule has 3 aromatic carbocycles. The fourth-order valence-electron chi connectivity index (χ4n) is 3.03. The van der Waals surface area contributed by atoms with Crippen molar-refractivity contribution in [3.8, 4) is 0 Å². The van der Waals surface area contributed by atoms with Crippen molar-refractivity contribution in [2.75, 3.05) is 0 Å². The fraction of sp³-hybridized carbons (Fsp3) is 0.143. The Labute approximate surface area is 131 Å². The normalized spacial score (nSPS) is 12.8. The van der Waals surface area contributed by atoms with Gasteiger partial charge < -0.3 is 5.11 Å². The van der Waals surface area contributed by atoms with Crippen LogP contribution in [0.2, 0.25) is 0 Å². The lowest BCUT2D eigenvalue weighted by Gasteiger charge is -2.35. The molecule has 1 heteroatoms. The average Bonchev–Trinajstić information content (AvgIpc) is 2.62. The standard InChI is InChI=1S/C21H20O/c1-17(18-11-5-2-6-12-18)21(22,19-13-7-3-8-14-19)20-15-9-4-10-16-20/h2-17,22H,1H3. The molecule has 0 fully saturated rings. The zero-order valence-corrected chi connectivity index (χ0v) is 12.7. The monoisotopic (exact) mass is 288 g/mol. The van der Waals surface area contributed by atoms with Crippen LogP contribution in [0.1, 0.15) is 29.5 Å². The second-order valence-corrected chi connectivity index (χ2v) is 5.63. The lowest BCUT2D eigenvalue weighted by Crippen LogP contribution is -2.33. The van der Waals surface area contributed by atoms with E-state index in [0.29, 0.717) is 0 Å². The van der Waals surface area contributed by atoms with E-state index < -0.39 is 5.60 Å². The van der Waals surface area contributed by atoms with Crippen molar-refractivity contribution < 1.29 is 5.11 Å². The van der Waals surface area contributed by atoms with Crippen LogP contribution in [0, 0.1) is 0 Å². The van der Waals surface area contributed by atoms with Crippen molar-refractivity contribution in [2.24, 2.45) is 0 Å². The summed E-state index contributed by atoms with van der Waals surface area (Å²) in [7, 11) is 0. The van der Waals surface area contributed by atoms with Gasteiger partial charge in [-0.25, -0.2) is 0 Å². The number of rotatable bonds is 4. The summed E-state index contributed by atoms with van der Waals surface area (Å²) in [6, 6.07) is 30.0. The molecule has 0 aliphatic heterocycles. The van der Waals surface area contributed by atoms with Gasteiger partial charge in [-0.15, -0.1) is 0 Å². The summed E-state index contributed by atoms with van der Waals surface area (Å²) >= 11 is 0. The van der Waals surface area contributed by atoms with Crippen molar-refractivity contribution in [3.63, 3.8) is 0 Å². The number of hydrogen-bond acceptors (Lipinski definition) is 1. The maximum Gasteiger partial charge on any atom is 0.121 e. The molecule has 0 saturated heterocycles. The summed E-state index contributed by atoms with van der Waals surface area (Å²) in [5.74, 6) is -0.0569. The first kappa shape index (κ1) is 14.6. The summed E-state index contributed by atoms with van der Waals surface area (Å²) in [6.45, 7) is 2.08. The largest absolute Gasteiger partial charge is 0.380 e. The Morgan fingerprint density at radius 2 is 1.00 bits per heavy atom. The van der Waals surface area contributed by atoms with Crippen LogP contribution < -0.4 is 0 Å². The number of benzene rings is 3. The first-order valence-corrected chi connectivity index (χ1v) is 7.61. The summed E-state index contributed by atoms with van der Waals surface area (Å²) in [5.41, 5.74) is 1.90. The molecule has 0 spiro atoms. The molecule has 0 amide bonds. The molecule has 0 bridgehead atoms. The highest BCUT2D eigenvalue weighted by atomic mass is 16.3. The Kier molecular flexibility index (Phi) is 4.08. The molecule has 22 heavy (non-hydrogen) atoms. The molecule has 0 aliphatic rings. The van der Waals surface area contributed by atoms with Gasteiger partial charge in [0.05, 0.1) is 0 Å². The van der Waals surface area contributed by atoms with Crippen LogP contribution in [0.5, 0.6) is 0 Å². The van der Waals surface area contributed by atoms with Crippen molar-refractivity contribution in [2.45, 2.75) is 18.4 Å². The second-order valence-electron chi connectivity index (χ2n) is 5.63. The van der Waals surface area contributed by atoms with Crippen molar-refractivity contribution in [3.05, 3.63) is 108 Å². The van der Waals surface area contributed by atoms with Crippen LogP contribution in [0.15, 0.2) is 91.0 Å². The van der Waals surface area contributed by atoms with Crippen molar-refractivity contribution in [1.29, 1.82) is 0 Å². The Hall–Kier alpha value is -2.38. The van der Waals surface area contributed by atoms with Gasteiger partial charge in [0.15, 0.2) is 0 Å². The maximum atomic E-state index is 11.7. The van der Waals surface area contributed by atoms with E-state index in [1.165, 1.54) is 0 Å². The first-order valence-electron chi connectivity index (χ1n) is 7.61. The van der Waals surface area contributed by atoms with Crippen LogP contribution in [0.3, 0.4) is 0 Å². The van der Waals surface area contributed by atoms with Gasteiger partial charge in [-0.3, -0.25) is 0 Å². The van der Waals surface area contributed by atoms with E-state index in [0.717, 1.165) is 16.7 Å². The van der Waals surface area contributed by atoms with E-state index in [2.05, 4.69) is 19.1 Å². The topological polar surface area (TPSA) is 20.2 Å². The lowest BCUT2D eigenvalue weighted by molar-refractivity contribution is 0.0555. The predicted molar refractivity (Wildman–Crippen MR) is 90.7 cm³/mol. The Bertz CT molecular complexity index is 665. The number of hydrogen-bond donors (Lipinski definition) is 1. The highest BCUT2D eigenvalue weighted by molar-refractivity contribution is 5.41. The quantitative estimate of drug-likeness (QED) is 0.736. The highest BCUT2D eigenvalue weighted by Crippen LogP contribution is 2.42. The molecule has 1 nitrogen and oxygen atoms in total. The van der Waals surface area contributed by atoms with E-state index in [4.69, 9.17) is 0 Å². The van der Waals surface area contributed by atoms with Gasteiger partial charge in [-0.2, -0.15) is 0 Å². The third kappa shape index (κ3) is 2.56. The Balaban J connectivity index is 2.16.